The first-order valence-electron chi connectivity index (χ1n) is 7.59. The van der Waals surface area contributed by atoms with E-state index in [1.54, 1.807) is 0 Å². The van der Waals surface area contributed by atoms with Gasteiger partial charge >= 0.3 is 0 Å². The molecule has 0 bridgehead atoms. The van der Waals surface area contributed by atoms with E-state index in [1.165, 1.54) is 11.8 Å². The van der Waals surface area contributed by atoms with Crippen LogP contribution in [0.1, 0.15) is 27.3 Å². The molecule has 3 aromatic rings. The number of Topliss-reactive ketones (excluding diaryl/α,β-unsaturated/α-hetero) is 1. The number of H-pyrrole nitrogens is 1. The normalized spacial score (nSPS) is 11.0. The number of hydrogen-bond donors (Lipinski definition) is 1. The van der Waals surface area contributed by atoms with E-state index >= 15 is 0 Å². The molecule has 0 aliphatic carbocycles. The first kappa shape index (κ1) is 16.2. The van der Waals surface area contributed by atoms with Gasteiger partial charge in [-0.3, -0.25) is 9.89 Å². The summed E-state index contributed by atoms with van der Waals surface area (Å²) < 4.78 is 0. The van der Waals surface area contributed by atoms with Crippen molar-refractivity contribution >= 4 is 29.7 Å². The van der Waals surface area contributed by atoms with Crippen LogP contribution in [0.15, 0.2) is 59.8 Å². The summed E-state index contributed by atoms with van der Waals surface area (Å²) in [6.07, 6.45) is 3.83. The predicted octanol–water partition coefficient (Wildman–Crippen LogP) is 4.26. The standard InChI is InChI=1S/C19H17N3OS/c1-14-7-10-16(11-8-14)17(23)13-24-19-20-18(21-22-19)12-9-15-5-3-2-4-6-15/h2-12H,13H2,1H3,(H,20,21,22)/b12-9+. The molecule has 0 aliphatic rings. The van der Waals surface area contributed by atoms with Gasteiger partial charge in [0.1, 0.15) is 5.82 Å². The summed E-state index contributed by atoms with van der Waals surface area (Å²) in [5, 5.41) is 7.57. The van der Waals surface area contributed by atoms with E-state index in [0.29, 0.717) is 22.3 Å². The highest BCUT2D eigenvalue weighted by atomic mass is 32.2. The van der Waals surface area contributed by atoms with Crippen LogP contribution in [0.25, 0.3) is 12.2 Å². The van der Waals surface area contributed by atoms with E-state index in [1.807, 2.05) is 73.7 Å². The van der Waals surface area contributed by atoms with Crippen molar-refractivity contribution in [1.82, 2.24) is 15.2 Å². The zero-order chi connectivity index (χ0) is 16.8. The number of nitrogens with zero attached hydrogens (tertiary/aromatic N) is 2. The van der Waals surface area contributed by atoms with Crippen molar-refractivity contribution in [2.24, 2.45) is 0 Å². The van der Waals surface area contributed by atoms with Crippen molar-refractivity contribution in [2.45, 2.75) is 12.1 Å². The Balaban J connectivity index is 1.57. The van der Waals surface area contributed by atoms with Gasteiger partial charge in [0.2, 0.25) is 5.16 Å². The van der Waals surface area contributed by atoms with Crippen LogP contribution in [0.5, 0.6) is 0 Å². The van der Waals surface area contributed by atoms with Crippen LogP contribution in [-0.2, 0) is 0 Å². The summed E-state index contributed by atoms with van der Waals surface area (Å²) in [4.78, 5) is 16.5. The Morgan fingerprint density at radius 2 is 1.83 bits per heavy atom. The average molecular weight is 335 g/mol. The molecule has 5 heteroatoms. The maximum Gasteiger partial charge on any atom is 0.209 e. The highest BCUT2D eigenvalue weighted by molar-refractivity contribution is 7.99. The van der Waals surface area contributed by atoms with Crippen molar-refractivity contribution in [2.75, 3.05) is 5.75 Å². The Morgan fingerprint density at radius 3 is 2.58 bits per heavy atom. The third-order valence-electron chi connectivity index (χ3n) is 3.42. The average Bonchev–Trinajstić information content (AvgIpc) is 3.07. The van der Waals surface area contributed by atoms with E-state index in [-0.39, 0.29) is 5.78 Å². The number of aryl methyl sites for hydroxylation is 1. The number of thioether (sulfide) groups is 1. The minimum absolute atomic E-state index is 0.0752. The summed E-state index contributed by atoms with van der Waals surface area (Å²) in [5.74, 6) is 1.07. The van der Waals surface area contributed by atoms with Crippen LogP contribution in [0, 0.1) is 6.92 Å². The van der Waals surface area contributed by atoms with E-state index < -0.39 is 0 Å². The van der Waals surface area contributed by atoms with Gasteiger partial charge in [-0.1, -0.05) is 78.0 Å². The minimum atomic E-state index is 0.0752. The van der Waals surface area contributed by atoms with Gasteiger partial charge in [-0.2, -0.15) is 0 Å². The number of rotatable bonds is 6. The Bertz CT molecular complexity index is 839. The summed E-state index contributed by atoms with van der Waals surface area (Å²) in [6, 6.07) is 17.6. The number of carbonyl (C=O) groups excluding carboxylic acids is 1. The molecule has 1 N–H and O–H groups in total. The first-order chi connectivity index (χ1) is 11.7. The number of aromatic nitrogens is 3. The Labute approximate surface area is 145 Å². The molecule has 0 atom stereocenters. The number of hydrogen-bond acceptors (Lipinski definition) is 4. The van der Waals surface area contributed by atoms with E-state index in [2.05, 4.69) is 15.2 Å². The summed E-state index contributed by atoms with van der Waals surface area (Å²) in [7, 11) is 0. The molecule has 4 nitrogen and oxygen atoms in total. The minimum Gasteiger partial charge on any atom is -0.293 e. The van der Waals surface area contributed by atoms with Gasteiger partial charge in [-0.25, -0.2) is 4.98 Å². The molecule has 2 aromatic carbocycles. The number of carbonyl (C=O) groups is 1. The molecule has 1 heterocycles. The fourth-order valence-corrected chi connectivity index (χ4v) is 2.79. The van der Waals surface area contributed by atoms with Gasteiger partial charge in [0, 0.05) is 5.56 Å². The maximum atomic E-state index is 12.1. The highest BCUT2D eigenvalue weighted by Crippen LogP contribution is 2.16. The molecule has 0 amide bonds. The van der Waals surface area contributed by atoms with E-state index in [4.69, 9.17) is 0 Å². The van der Waals surface area contributed by atoms with Gasteiger partial charge in [0.05, 0.1) is 5.75 Å². The number of benzene rings is 2. The largest absolute Gasteiger partial charge is 0.293 e. The smallest absolute Gasteiger partial charge is 0.209 e. The molecule has 1 aromatic heterocycles. The molecular formula is C19H17N3OS. The van der Waals surface area contributed by atoms with E-state index in [9.17, 15) is 4.79 Å². The van der Waals surface area contributed by atoms with Crippen LogP contribution in [0.2, 0.25) is 0 Å². The van der Waals surface area contributed by atoms with Crippen molar-refractivity contribution < 1.29 is 4.79 Å². The van der Waals surface area contributed by atoms with Crippen LogP contribution in [0.3, 0.4) is 0 Å². The second kappa shape index (κ2) is 7.75. The van der Waals surface area contributed by atoms with Gasteiger partial charge in [-0.05, 0) is 18.6 Å². The summed E-state index contributed by atoms with van der Waals surface area (Å²) >= 11 is 1.33. The molecule has 0 unspecified atom stereocenters. The number of ketones is 1. The third kappa shape index (κ3) is 4.43. The van der Waals surface area contributed by atoms with Crippen molar-refractivity contribution in [3.63, 3.8) is 0 Å². The number of nitrogens with one attached hydrogen (secondary N) is 1. The molecule has 24 heavy (non-hydrogen) atoms. The number of aromatic amines is 1. The fraction of sp³-hybridized carbons (Fsp3) is 0.105. The quantitative estimate of drug-likeness (QED) is 0.540. The summed E-state index contributed by atoms with van der Waals surface area (Å²) in [6.45, 7) is 2.00. The molecule has 0 aliphatic heterocycles. The molecule has 3 rings (SSSR count). The lowest BCUT2D eigenvalue weighted by atomic mass is 10.1. The lowest BCUT2D eigenvalue weighted by molar-refractivity contribution is 0.102. The molecule has 0 radical (unpaired) electrons. The maximum absolute atomic E-state index is 12.1. The van der Waals surface area contributed by atoms with Crippen molar-refractivity contribution in [3.05, 3.63) is 77.1 Å². The molecule has 0 fully saturated rings. The Morgan fingerprint density at radius 1 is 1.08 bits per heavy atom. The molecule has 120 valence electrons. The van der Waals surface area contributed by atoms with Crippen LogP contribution >= 0.6 is 11.8 Å². The Hall–Kier alpha value is -2.66. The Kier molecular flexibility index (Phi) is 5.23. The monoisotopic (exact) mass is 335 g/mol. The van der Waals surface area contributed by atoms with Crippen molar-refractivity contribution in [3.8, 4) is 0 Å². The molecule has 0 spiro atoms. The fourth-order valence-electron chi connectivity index (χ4n) is 2.09. The summed E-state index contributed by atoms with van der Waals surface area (Å²) in [5.41, 5.74) is 2.95. The van der Waals surface area contributed by atoms with Crippen LogP contribution < -0.4 is 0 Å². The zero-order valence-electron chi connectivity index (χ0n) is 13.3. The SMILES string of the molecule is Cc1ccc(C(=O)CSc2n[nH]c(/C=C/c3ccccc3)n2)cc1. The first-order valence-corrected chi connectivity index (χ1v) is 8.57. The van der Waals surface area contributed by atoms with Gasteiger partial charge in [0.15, 0.2) is 5.78 Å². The van der Waals surface area contributed by atoms with Gasteiger partial charge in [-0.15, -0.1) is 5.10 Å². The highest BCUT2D eigenvalue weighted by Gasteiger charge is 2.09. The second-order valence-electron chi connectivity index (χ2n) is 5.33. The lowest BCUT2D eigenvalue weighted by Crippen LogP contribution is -2.02. The lowest BCUT2D eigenvalue weighted by Gasteiger charge is -1.99. The third-order valence-corrected chi connectivity index (χ3v) is 4.27. The molecule has 0 saturated carbocycles. The topological polar surface area (TPSA) is 58.6 Å². The molecule has 0 saturated heterocycles. The second-order valence-corrected chi connectivity index (χ2v) is 6.27. The van der Waals surface area contributed by atoms with Crippen molar-refractivity contribution in [1.29, 1.82) is 0 Å². The van der Waals surface area contributed by atoms with Gasteiger partial charge < -0.3 is 0 Å². The van der Waals surface area contributed by atoms with Gasteiger partial charge in [0.25, 0.3) is 0 Å². The predicted molar refractivity (Wildman–Crippen MR) is 98.0 cm³/mol. The van der Waals surface area contributed by atoms with Crippen LogP contribution in [0.4, 0.5) is 0 Å². The molecular weight excluding hydrogens is 318 g/mol. The van der Waals surface area contributed by atoms with E-state index in [0.717, 1.165) is 11.1 Å². The van der Waals surface area contributed by atoms with Crippen LogP contribution in [-0.4, -0.2) is 26.7 Å². The zero-order valence-corrected chi connectivity index (χ0v) is 14.1.